The second kappa shape index (κ2) is 8.01. The highest BCUT2D eigenvalue weighted by atomic mass is 32.2. The van der Waals surface area contributed by atoms with Crippen molar-refractivity contribution in [3.63, 3.8) is 0 Å². The van der Waals surface area contributed by atoms with Crippen molar-refractivity contribution in [2.24, 2.45) is 7.05 Å². The SMILES string of the molecule is Cn1c(SCC(=O)Nc2c[n+](N3CCCCC3)no2)nc2ccccc2c1=O. The van der Waals surface area contributed by atoms with E-state index in [0.717, 1.165) is 25.9 Å². The Bertz CT molecular complexity index is 1060. The number of carbonyl (C=O) groups excluding carboxylic acids is 1. The van der Waals surface area contributed by atoms with Gasteiger partial charge in [0, 0.05) is 7.05 Å². The fraction of sp³-hybridized carbons (Fsp3) is 0.389. The zero-order valence-corrected chi connectivity index (χ0v) is 16.3. The maximum absolute atomic E-state index is 12.4. The first-order valence-corrected chi connectivity index (χ1v) is 10.1. The number of piperidine rings is 1. The van der Waals surface area contributed by atoms with E-state index in [1.54, 1.807) is 36.2 Å². The van der Waals surface area contributed by atoms with Crippen molar-refractivity contribution in [2.45, 2.75) is 24.4 Å². The van der Waals surface area contributed by atoms with Gasteiger partial charge in [-0.3, -0.25) is 24.0 Å². The van der Waals surface area contributed by atoms with Crippen LogP contribution in [0.15, 0.2) is 44.9 Å². The van der Waals surface area contributed by atoms with E-state index in [4.69, 9.17) is 4.52 Å². The number of carbonyl (C=O) groups is 1. The van der Waals surface area contributed by atoms with Gasteiger partial charge >= 0.3 is 5.88 Å². The molecule has 1 saturated heterocycles. The predicted octanol–water partition coefficient (Wildman–Crippen LogP) is 1.06. The number of para-hydroxylation sites is 1. The molecule has 0 aliphatic carbocycles. The molecule has 10 heteroatoms. The lowest BCUT2D eigenvalue weighted by Gasteiger charge is -2.17. The van der Waals surface area contributed by atoms with Gasteiger partial charge in [-0.1, -0.05) is 23.9 Å². The molecule has 4 rings (SSSR count). The summed E-state index contributed by atoms with van der Waals surface area (Å²) in [6, 6.07) is 7.17. The number of amides is 1. The average Bonchev–Trinajstić information content (AvgIpc) is 3.19. The summed E-state index contributed by atoms with van der Waals surface area (Å²) in [6.45, 7) is 1.84. The molecule has 3 aromatic rings. The van der Waals surface area contributed by atoms with Crippen LogP contribution in [0.25, 0.3) is 10.9 Å². The second-order valence-electron chi connectivity index (χ2n) is 6.61. The summed E-state index contributed by atoms with van der Waals surface area (Å²) in [7, 11) is 1.65. The number of aromatic nitrogens is 4. The molecule has 1 fully saturated rings. The fourth-order valence-corrected chi connectivity index (χ4v) is 3.91. The predicted molar refractivity (Wildman–Crippen MR) is 105 cm³/mol. The zero-order chi connectivity index (χ0) is 19.5. The van der Waals surface area contributed by atoms with E-state index in [2.05, 4.69) is 20.6 Å². The van der Waals surface area contributed by atoms with Crippen molar-refractivity contribution < 1.29 is 14.1 Å². The zero-order valence-electron chi connectivity index (χ0n) is 15.5. The van der Waals surface area contributed by atoms with Gasteiger partial charge in [-0.05, 0) is 31.4 Å². The minimum atomic E-state index is -0.255. The number of rotatable bonds is 5. The van der Waals surface area contributed by atoms with E-state index >= 15 is 0 Å². The molecule has 1 aliphatic heterocycles. The van der Waals surface area contributed by atoms with Crippen LogP contribution in [0.5, 0.6) is 0 Å². The molecular formula is C18H21N6O3S+. The van der Waals surface area contributed by atoms with Crippen LogP contribution >= 0.6 is 11.8 Å². The molecule has 9 nitrogen and oxygen atoms in total. The Labute approximate surface area is 165 Å². The summed E-state index contributed by atoms with van der Waals surface area (Å²) in [4.78, 5) is 30.8. The minimum Gasteiger partial charge on any atom is -0.290 e. The normalized spacial score (nSPS) is 14.4. The highest BCUT2D eigenvalue weighted by Gasteiger charge is 2.23. The molecule has 0 unspecified atom stereocenters. The molecule has 0 atom stereocenters. The molecule has 0 spiro atoms. The third kappa shape index (κ3) is 3.86. The van der Waals surface area contributed by atoms with Gasteiger partial charge < -0.3 is 0 Å². The first kappa shape index (κ1) is 18.5. The van der Waals surface area contributed by atoms with Crippen molar-refractivity contribution in [3.05, 3.63) is 40.8 Å². The Kier molecular flexibility index (Phi) is 5.29. The largest absolute Gasteiger partial charge is 0.305 e. The third-order valence-electron chi connectivity index (χ3n) is 4.61. The highest BCUT2D eigenvalue weighted by molar-refractivity contribution is 7.99. The molecule has 0 saturated carbocycles. The number of benzene rings is 1. The fourth-order valence-electron chi connectivity index (χ4n) is 3.14. The van der Waals surface area contributed by atoms with Crippen molar-refractivity contribution in [1.82, 2.24) is 14.8 Å². The number of hydrogen-bond donors (Lipinski definition) is 1. The summed E-state index contributed by atoms with van der Waals surface area (Å²) in [5.74, 6) is 0.133. The molecular weight excluding hydrogens is 380 g/mol. The van der Waals surface area contributed by atoms with E-state index in [1.165, 1.54) is 22.7 Å². The van der Waals surface area contributed by atoms with Crippen LogP contribution in [-0.4, -0.2) is 39.6 Å². The van der Waals surface area contributed by atoms with Crippen LogP contribution in [-0.2, 0) is 11.8 Å². The average molecular weight is 401 g/mol. The van der Waals surface area contributed by atoms with E-state index < -0.39 is 0 Å². The van der Waals surface area contributed by atoms with Crippen molar-refractivity contribution in [1.29, 1.82) is 0 Å². The summed E-state index contributed by atoms with van der Waals surface area (Å²) in [6.07, 6.45) is 5.13. The van der Waals surface area contributed by atoms with Gasteiger partial charge in [0.2, 0.25) is 11.2 Å². The molecule has 1 amide bonds. The maximum Gasteiger partial charge on any atom is 0.305 e. The first-order chi connectivity index (χ1) is 13.6. The van der Waals surface area contributed by atoms with E-state index in [-0.39, 0.29) is 23.1 Å². The molecule has 2 aromatic heterocycles. The Morgan fingerprint density at radius 2 is 2.07 bits per heavy atom. The highest BCUT2D eigenvalue weighted by Crippen LogP contribution is 2.17. The summed E-state index contributed by atoms with van der Waals surface area (Å²) >= 11 is 1.20. The van der Waals surface area contributed by atoms with Crippen molar-refractivity contribution in [3.8, 4) is 0 Å². The first-order valence-electron chi connectivity index (χ1n) is 9.14. The molecule has 28 heavy (non-hydrogen) atoms. The van der Waals surface area contributed by atoms with Gasteiger partial charge in [-0.15, -0.1) is 0 Å². The molecule has 3 heterocycles. The molecule has 1 aromatic carbocycles. The molecule has 146 valence electrons. The van der Waals surface area contributed by atoms with Gasteiger partial charge in [0.05, 0.1) is 34.5 Å². The Morgan fingerprint density at radius 3 is 2.89 bits per heavy atom. The molecule has 0 radical (unpaired) electrons. The lowest BCUT2D eigenvalue weighted by Crippen LogP contribution is -2.60. The second-order valence-corrected chi connectivity index (χ2v) is 7.56. The lowest BCUT2D eigenvalue weighted by atomic mass is 10.2. The third-order valence-corrected chi connectivity index (χ3v) is 5.64. The molecule has 1 N–H and O–H groups in total. The van der Waals surface area contributed by atoms with Crippen LogP contribution in [0.1, 0.15) is 19.3 Å². The number of fused-ring (bicyclic) bond motifs is 1. The number of hydrogen-bond acceptors (Lipinski definition) is 7. The lowest BCUT2D eigenvalue weighted by molar-refractivity contribution is -0.759. The van der Waals surface area contributed by atoms with Crippen LogP contribution < -0.4 is 20.7 Å². The van der Waals surface area contributed by atoms with Gasteiger partial charge in [0.25, 0.3) is 11.8 Å². The van der Waals surface area contributed by atoms with Gasteiger partial charge in [0.1, 0.15) is 0 Å². The smallest absolute Gasteiger partial charge is 0.290 e. The van der Waals surface area contributed by atoms with Gasteiger partial charge in [-0.25, -0.2) is 4.98 Å². The van der Waals surface area contributed by atoms with Crippen LogP contribution in [0.2, 0.25) is 0 Å². The van der Waals surface area contributed by atoms with Crippen molar-refractivity contribution >= 4 is 34.5 Å². The maximum atomic E-state index is 12.4. The summed E-state index contributed by atoms with van der Waals surface area (Å²) in [5.41, 5.74) is 0.484. The monoisotopic (exact) mass is 401 g/mol. The Balaban J connectivity index is 1.40. The number of nitrogens with one attached hydrogen (secondary N) is 1. The van der Waals surface area contributed by atoms with Crippen LogP contribution in [0.4, 0.5) is 5.88 Å². The summed E-state index contributed by atoms with van der Waals surface area (Å²) in [5, 5.41) is 9.77. The van der Waals surface area contributed by atoms with Gasteiger partial charge in [0.15, 0.2) is 5.16 Å². The van der Waals surface area contributed by atoms with Crippen molar-refractivity contribution in [2.75, 3.05) is 29.2 Å². The molecule has 0 bridgehead atoms. The van der Waals surface area contributed by atoms with E-state index in [0.29, 0.717) is 16.1 Å². The van der Waals surface area contributed by atoms with Crippen LogP contribution in [0.3, 0.4) is 0 Å². The Hall–Kier alpha value is -2.88. The number of nitrogens with zero attached hydrogens (tertiary/aromatic N) is 5. The minimum absolute atomic E-state index is 0.100. The van der Waals surface area contributed by atoms with Crippen LogP contribution in [0, 0.1) is 0 Å². The standard InChI is InChI=1S/C18H20N6O3S/c1-22-17(26)13-7-3-4-8-14(13)19-18(22)28-12-15(25)20-16-11-24(21-27-16)23-9-5-2-6-10-23/h3-4,7-8,11H,2,5-6,9-10,12H2,1H3/p+1. The summed E-state index contributed by atoms with van der Waals surface area (Å²) < 4.78 is 6.66. The number of thioether (sulfide) groups is 1. The Morgan fingerprint density at radius 1 is 1.29 bits per heavy atom. The number of anilines is 1. The quantitative estimate of drug-likeness (QED) is 0.388. The van der Waals surface area contributed by atoms with Gasteiger partial charge in [-0.2, -0.15) is 5.01 Å². The van der Waals surface area contributed by atoms with E-state index in [1.807, 2.05) is 6.07 Å². The molecule has 1 aliphatic rings. The topological polar surface area (TPSA) is 97.1 Å². The van der Waals surface area contributed by atoms with E-state index in [9.17, 15) is 9.59 Å².